The monoisotopic (exact) mass is 325 g/mol. The molecule has 6 atom stereocenters. The third-order valence-corrected chi connectivity index (χ3v) is 7.38. The summed E-state index contributed by atoms with van der Waals surface area (Å²) >= 11 is 0. The number of nitrogens with zero attached hydrogens (tertiary/aromatic N) is 1. The fraction of sp³-hybridized carbons (Fsp3) is 0.579. The predicted molar refractivity (Wildman–Crippen MR) is 94.3 cm³/mol. The molecule has 2 bridgehead atoms. The van der Waals surface area contributed by atoms with Gasteiger partial charge in [0.2, 0.25) is 0 Å². The molecule has 2 aliphatic carbocycles. The average molecular weight is 325 g/mol. The van der Waals surface area contributed by atoms with Gasteiger partial charge < -0.3 is 4.90 Å². The van der Waals surface area contributed by atoms with Crippen LogP contribution in [0.3, 0.4) is 0 Å². The van der Waals surface area contributed by atoms with Crippen LogP contribution in [0.1, 0.15) is 20.3 Å². The van der Waals surface area contributed by atoms with E-state index in [1.54, 1.807) is 6.07 Å². The van der Waals surface area contributed by atoms with Crippen molar-refractivity contribution in [2.45, 2.75) is 20.3 Å². The lowest BCUT2D eigenvalue weighted by molar-refractivity contribution is 0.153. The number of aromatic amines is 2. The summed E-state index contributed by atoms with van der Waals surface area (Å²) < 4.78 is 0. The van der Waals surface area contributed by atoms with E-state index in [1.165, 1.54) is 6.42 Å². The number of hydrogen-bond acceptors (Lipinski definition) is 3. The van der Waals surface area contributed by atoms with Crippen molar-refractivity contribution in [1.29, 1.82) is 0 Å². The van der Waals surface area contributed by atoms with Crippen LogP contribution in [0.2, 0.25) is 0 Å². The van der Waals surface area contributed by atoms with E-state index in [0.29, 0.717) is 10.8 Å². The minimum Gasteiger partial charge on any atom is -0.371 e. The molecular weight excluding hydrogens is 302 g/mol. The zero-order valence-corrected chi connectivity index (χ0v) is 14.1. The van der Waals surface area contributed by atoms with Gasteiger partial charge in [-0.1, -0.05) is 13.8 Å². The Balaban J connectivity index is 1.51. The second kappa shape index (κ2) is 4.74. The van der Waals surface area contributed by atoms with E-state index >= 15 is 0 Å². The summed E-state index contributed by atoms with van der Waals surface area (Å²) in [6, 6.07) is 5.67. The lowest BCUT2D eigenvalue weighted by Crippen LogP contribution is -2.31. The first-order valence-electron chi connectivity index (χ1n) is 9.04. The molecule has 24 heavy (non-hydrogen) atoms. The second-order valence-corrected chi connectivity index (χ2v) is 8.15. The zero-order valence-electron chi connectivity index (χ0n) is 14.1. The number of anilines is 1. The van der Waals surface area contributed by atoms with E-state index in [2.05, 4.69) is 28.9 Å². The Bertz CT molecular complexity index is 908. The summed E-state index contributed by atoms with van der Waals surface area (Å²) in [4.78, 5) is 26.3. The summed E-state index contributed by atoms with van der Waals surface area (Å²) in [5.41, 5.74) is 0.607. The molecule has 3 fully saturated rings. The molecule has 2 N–H and O–H groups in total. The van der Waals surface area contributed by atoms with Crippen molar-refractivity contribution in [1.82, 2.24) is 10.2 Å². The maximum atomic E-state index is 12.0. The van der Waals surface area contributed by atoms with Gasteiger partial charge in [-0.25, -0.2) is 0 Å². The van der Waals surface area contributed by atoms with Crippen LogP contribution in [0.4, 0.5) is 5.69 Å². The fourth-order valence-electron chi connectivity index (χ4n) is 5.99. The summed E-state index contributed by atoms with van der Waals surface area (Å²) in [6.07, 6.45) is 1.41. The van der Waals surface area contributed by atoms with Crippen LogP contribution in [0.5, 0.6) is 0 Å². The molecule has 0 amide bonds. The van der Waals surface area contributed by atoms with E-state index in [4.69, 9.17) is 0 Å². The number of fused-ring (bicyclic) bond motifs is 6. The predicted octanol–water partition coefficient (Wildman–Crippen LogP) is 2.19. The number of nitrogens with one attached hydrogen (secondary N) is 2. The number of rotatable bonds is 1. The van der Waals surface area contributed by atoms with Crippen molar-refractivity contribution in [3.8, 4) is 0 Å². The molecule has 2 saturated carbocycles. The van der Waals surface area contributed by atoms with E-state index in [1.807, 2.05) is 12.1 Å². The van der Waals surface area contributed by atoms with Gasteiger partial charge in [0, 0.05) is 18.8 Å². The van der Waals surface area contributed by atoms with E-state index in [0.717, 1.165) is 54.3 Å². The molecule has 5 rings (SSSR count). The van der Waals surface area contributed by atoms with Crippen LogP contribution >= 0.6 is 0 Å². The molecule has 5 nitrogen and oxygen atoms in total. The molecule has 1 aromatic carbocycles. The molecule has 1 saturated heterocycles. The first-order valence-corrected chi connectivity index (χ1v) is 9.04. The van der Waals surface area contributed by atoms with Crippen molar-refractivity contribution in [3.63, 3.8) is 0 Å². The first kappa shape index (κ1) is 14.3. The zero-order chi connectivity index (χ0) is 16.6. The SMILES string of the molecule is CC1C(C)C2CC1C1CN(c3ccc4c(=O)[nH][nH]c(=O)c4c3)CC21. The van der Waals surface area contributed by atoms with Gasteiger partial charge in [-0.05, 0) is 60.1 Å². The normalized spacial score (nSPS) is 37.3. The van der Waals surface area contributed by atoms with Crippen LogP contribution in [0, 0.1) is 35.5 Å². The van der Waals surface area contributed by atoms with Gasteiger partial charge in [-0.2, -0.15) is 0 Å². The van der Waals surface area contributed by atoms with Gasteiger partial charge in [-0.15, -0.1) is 0 Å². The summed E-state index contributed by atoms with van der Waals surface area (Å²) in [5.74, 6) is 5.02. The first-order chi connectivity index (χ1) is 11.5. The van der Waals surface area contributed by atoms with Gasteiger partial charge in [0.05, 0.1) is 10.8 Å². The number of benzene rings is 1. The molecule has 1 aliphatic heterocycles. The largest absolute Gasteiger partial charge is 0.371 e. The highest BCUT2D eigenvalue weighted by Crippen LogP contribution is 2.60. The highest BCUT2D eigenvalue weighted by atomic mass is 16.1. The Kier molecular flexibility index (Phi) is 2.83. The van der Waals surface area contributed by atoms with Crippen molar-refractivity contribution in [3.05, 3.63) is 38.9 Å². The average Bonchev–Trinajstić information content (AvgIpc) is 3.23. The second-order valence-electron chi connectivity index (χ2n) is 8.15. The molecule has 3 aliphatic rings. The number of H-pyrrole nitrogens is 2. The molecule has 1 aromatic heterocycles. The molecule has 0 radical (unpaired) electrons. The van der Waals surface area contributed by atoms with E-state index in [9.17, 15) is 9.59 Å². The molecule has 2 aromatic rings. The van der Waals surface area contributed by atoms with Crippen LogP contribution in [-0.4, -0.2) is 23.3 Å². The van der Waals surface area contributed by atoms with Crippen molar-refractivity contribution >= 4 is 16.5 Å². The number of hydrogen-bond donors (Lipinski definition) is 2. The van der Waals surface area contributed by atoms with Crippen LogP contribution in [0.25, 0.3) is 10.8 Å². The standard InChI is InChI=1S/C19H23N3O2/c1-9-10(2)14-6-13(9)16-7-22(8-17(14)16)11-3-4-12-15(5-11)19(24)21-20-18(12)23/h3-5,9-10,13-14,16-17H,6-8H2,1-2H3,(H,20,23)(H,21,24). The Morgan fingerprint density at radius 3 is 2.08 bits per heavy atom. The highest BCUT2D eigenvalue weighted by molar-refractivity contribution is 5.84. The van der Waals surface area contributed by atoms with Gasteiger partial charge in [0.1, 0.15) is 0 Å². The fourth-order valence-corrected chi connectivity index (χ4v) is 5.99. The Morgan fingerprint density at radius 2 is 1.46 bits per heavy atom. The van der Waals surface area contributed by atoms with Crippen molar-refractivity contribution in [2.24, 2.45) is 35.5 Å². The van der Waals surface area contributed by atoms with Crippen molar-refractivity contribution < 1.29 is 0 Å². The highest BCUT2D eigenvalue weighted by Gasteiger charge is 2.57. The summed E-state index contributed by atoms with van der Waals surface area (Å²) in [7, 11) is 0. The molecule has 0 spiro atoms. The minimum atomic E-state index is -0.241. The third-order valence-electron chi connectivity index (χ3n) is 7.38. The van der Waals surface area contributed by atoms with Crippen molar-refractivity contribution in [2.75, 3.05) is 18.0 Å². The summed E-state index contributed by atoms with van der Waals surface area (Å²) in [5, 5.41) is 5.76. The molecule has 126 valence electrons. The van der Waals surface area contributed by atoms with E-state index in [-0.39, 0.29) is 11.1 Å². The van der Waals surface area contributed by atoms with Crippen LogP contribution in [0.15, 0.2) is 27.8 Å². The van der Waals surface area contributed by atoms with Gasteiger partial charge in [-0.3, -0.25) is 19.8 Å². The lowest BCUT2D eigenvalue weighted by Gasteiger charge is -2.33. The maximum Gasteiger partial charge on any atom is 0.270 e. The topological polar surface area (TPSA) is 69.0 Å². The Labute approximate surface area is 140 Å². The number of aromatic nitrogens is 2. The third kappa shape index (κ3) is 1.75. The van der Waals surface area contributed by atoms with Gasteiger partial charge in [0.25, 0.3) is 11.1 Å². The molecule has 2 heterocycles. The Hall–Kier alpha value is -2.04. The quantitative estimate of drug-likeness (QED) is 0.844. The van der Waals surface area contributed by atoms with Gasteiger partial charge in [0.15, 0.2) is 0 Å². The van der Waals surface area contributed by atoms with Crippen LogP contribution in [-0.2, 0) is 0 Å². The molecule has 6 unspecified atom stereocenters. The maximum absolute atomic E-state index is 12.0. The smallest absolute Gasteiger partial charge is 0.270 e. The Morgan fingerprint density at radius 1 is 0.875 bits per heavy atom. The van der Waals surface area contributed by atoms with Gasteiger partial charge >= 0.3 is 0 Å². The summed E-state index contributed by atoms with van der Waals surface area (Å²) in [6.45, 7) is 7.04. The lowest BCUT2D eigenvalue weighted by atomic mass is 9.71. The molecule has 5 heteroatoms. The van der Waals surface area contributed by atoms with E-state index < -0.39 is 0 Å². The molecular formula is C19H23N3O2. The minimum absolute atomic E-state index is 0.229. The van der Waals surface area contributed by atoms with Crippen LogP contribution < -0.4 is 16.0 Å².